The van der Waals surface area contributed by atoms with E-state index in [9.17, 15) is 4.79 Å². The normalized spacial score (nSPS) is 10.6. The highest BCUT2D eigenvalue weighted by molar-refractivity contribution is 7.09. The van der Waals surface area contributed by atoms with Crippen molar-refractivity contribution in [1.29, 1.82) is 0 Å². The maximum atomic E-state index is 12.1. The van der Waals surface area contributed by atoms with Gasteiger partial charge in [-0.1, -0.05) is 35.0 Å². The van der Waals surface area contributed by atoms with E-state index in [0.717, 1.165) is 16.3 Å². The molecule has 6 heteroatoms. The summed E-state index contributed by atoms with van der Waals surface area (Å²) in [5.41, 5.74) is 3.17. The summed E-state index contributed by atoms with van der Waals surface area (Å²) in [5, 5.41) is 9.52. The first-order valence-electron chi connectivity index (χ1n) is 6.85. The third kappa shape index (κ3) is 3.23. The number of nitrogens with one attached hydrogen (secondary N) is 1. The molecule has 22 heavy (non-hydrogen) atoms. The minimum absolute atomic E-state index is 0.266. The van der Waals surface area contributed by atoms with Gasteiger partial charge in [0.2, 0.25) is 0 Å². The lowest BCUT2D eigenvalue weighted by atomic mass is 10.1. The van der Waals surface area contributed by atoms with E-state index in [1.165, 1.54) is 5.56 Å². The van der Waals surface area contributed by atoms with Gasteiger partial charge < -0.3 is 9.84 Å². The molecule has 0 radical (unpaired) electrons. The van der Waals surface area contributed by atoms with Crippen LogP contribution < -0.4 is 5.32 Å². The van der Waals surface area contributed by atoms with Crippen molar-refractivity contribution >= 4 is 17.2 Å². The van der Waals surface area contributed by atoms with E-state index in [1.54, 1.807) is 17.4 Å². The van der Waals surface area contributed by atoms with Crippen LogP contribution in [-0.2, 0) is 6.54 Å². The van der Waals surface area contributed by atoms with Crippen LogP contribution >= 0.6 is 11.3 Å². The average molecular weight is 313 g/mol. The van der Waals surface area contributed by atoms with Gasteiger partial charge in [-0.15, -0.1) is 11.3 Å². The molecular weight excluding hydrogens is 298 g/mol. The number of thiazole rings is 1. The van der Waals surface area contributed by atoms with Crippen molar-refractivity contribution in [2.75, 3.05) is 0 Å². The highest BCUT2D eigenvalue weighted by Crippen LogP contribution is 2.20. The topological polar surface area (TPSA) is 68.0 Å². The van der Waals surface area contributed by atoms with Crippen LogP contribution in [0.25, 0.3) is 11.3 Å². The van der Waals surface area contributed by atoms with E-state index < -0.39 is 0 Å². The van der Waals surface area contributed by atoms with Crippen LogP contribution in [-0.4, -0.2) is 16.0 Å². The molecule has 1 amide bonds. The number of amides is 1. The number of aromatic nitrogens is 2. The maximum Gasteiger partial charge on any atom is 0.273 e. The molecule has 0 saturated heterocycles. The predicted octanol–water partition coefficient (Wildman–Crippen LogP) is 3.34. The molecule has 0 saturated carbocycles. The predicted molar refractivity (Wildman–Crippen MR) is 84.7 cm³/mol. The van der Waals surface area contributed by atoms with Gasteiger partial charge in [0.25, 0.3) is 5.91 Å². The fourth-order valence-corrected chi connectivity index (χ4v) is 2.60. The molecule has 0 aliphatic heterocycles. The summed E-state index contributed by atoms with van der Waals surface area (Å²) in [6.45, 7) is 4.33. The Morgan fingerprint density at radius 2 is 2.05 bits per heavy atom. The molecule has 0 unspecified atom stereocenters. The zero-order chi connectivity index (χ0) is 15.5. The van der Waals surface area contributed by atoms with E-state index in [4.69, 9.17) is 4.52 Å². The van der Waals surface area contributed by atoms with Crippen molar-refractivity contribution in [1.82, 2.24) is 15.5 Å². The molecule has 2 aromatic heterocycles. The molecule has 0 bridgehead atoms. The molecular formula is C16H15N3O2S. The second-order valence-electron chi connectivity index (χ2n) is 4.98. The molecule has 112 valence electrons. The smallest absolute Gasteiger partial charge is 0.273 e. The summed E-state index contributed by atoms with van der Waals surface area (Å²) in [5.74, 6) is 0.308. The number of nitrogens with zero attached hydrogens (tertiary/aromatic N) is 2. The second-order valence-corrected chi connectivity index (χ2v) is 6.05. The SMILES string of the molecule is Cc1ccc(-c2cc(C(=O)NCc3csc(C)n3)no2)cc1. The van der Waals surface area contributed by atoms with Crippen molar-refractivity contribution in [3.63, 3.8) is 0 Å². The summed E-state index contributed by atoms with van der Waals surface area (Å²) in [6.07, 6.45) is 0. The Balaban J connectivity index is 1.67. The number of aryl methyl sites for hydroxylation is 2. The summed E-state index contributed by atoms with van der Waals surface area (Å²) in [7, 11) is 0. The first kappa shape index (κ1) is 14.5. The number of carbonyl (C=O) groups excluding carboxylic acids is 1. The lowest BCUT2D eigenvalue weighted by Gasteiger charge is -1.98. The van der Waals surface area contributed by atoms with Crippen LogP contribution in [0.4, 0.5) is 0 Å². The summed E-state index contributed by atoms with van der Waals surface area (Å²) >= 11 is 1.56. The molecule has 0 atom stereocenters. The third-order valence-electron chi connectivity index (χ3n) is 3.18. The lowest BCUT2D eigenvalue weighted by molar-refractivity contribution is 0.0941. The Bertz CT molecular complexity index is 790. The molecule has 1 aromatic carbocycles. The minimum Gasteiger partial charge on any atom is -0.355 e. The standard InChI is InChI=1S/C16H15N3O2S/c1-10-3-5-12(6-4-10)15-7-14(19-21-15)16(20)17-8-13-9-22-11(2)18-13/h3-7,9H,8H2,1-2H3,(H,17,20). The van der Waals surface area contributed by atoms with Crippen LogP contribution in [0.1, 0.15) is 26.8 Å². The van der Waals surface area contributed by atoms with Crippen molar-refractivity contribution in [3.05, 3.63) is 57.7 Å². The largest absolute Gasteiger partial charge is 0.355 e. The van der Waals surface area contributed by atoms with E-state index in [0.29, 0.717) is 12.3 Å². The molecule has 0 aliphatic rings. The number of benzene rings is 1. The Morgan fingerprint density at radius 1 is 1.27 bits per heavy atom. The number of hydrogen-bond acceptors (Lipinski definition) is 5. The van der Waals surface area contributed by atoms with Crippen molar-refractivity contribution in [3.8, 4) is 11.3 Å². The van der Waals surface area contributed by atoms with Gasteiger partial charge in [0.05, 0.1) is 17.2 Å². The molecule has 3 aromatic rings. The van der Waals surface area contributed by atoms with Crippen LogP contribution in [0.5, 0.6) is 0 Å². The van der Waals surface area contributed by atoms with Crippen LogP contribution in [0, 0.1) is 13.8 Å². The number of carbonyl (C=O) groups is 1. The maximum absolute atomic E-state index is 12.1. The number of rotatable bonds is 4. The molecule has 3 rings (SSSR count). The van der Waals surface area contributed by atoms with Gasteiger partial charge in [0.1, 0.15) is 0 Å². The number of hydrogen-bond donors (Lipinski definition) is 1. The van der Waals surface area contributed by atoms with Crippen LogP contribution in [0.15, 0.2) is 40.2 Å². The summed E-state index contributed by atoms with van der Waals surface area (Å²) in [6, 6.07) is 9.50. The first-order valence-corrected chi connectivity index (χ1v) is 7.73. The van der Waals surface area contributed by atoms with E-state index in [-0.39, 0.29) is 11.6 Å². The Morgan fingerprint density at radius 3 is 2.73 bits per heavy atom. The molecule has 2 heterocycles. The zero-order valence-electron chi connectivity index (χ0n) is 12.3. The van der Waals surface area contributed by atoms with E-state index >= 15 is 0 Å². The van der Waals surface area contributed by atoms with Crippen LogP contribution in [0.2, 0.25) is 0 Å². The second kappa shape index (κ2) is 6.11. The summed E-state index contributed by atoms with van der Waals surface area (Å²) < 4.78 is 5.24. The Hall–Kier alpha value is -2.47. The van der Waals surface area contributed by atoms with Gasteiger partial charge in [-0.2, -0.15) is 0 Å². The van der Waals surface area contributed by atoms with Crippen molar-refractivity contribution in [2.45, 2.75) is 20.4 Å². The Labute approximate surface area is 132 Å². The summed E-state index contributed by atoms with van der Waals surface area (Å²) in [4.78, 5) is 16.4. The molecule has 0 aliphatic carbocycles. The quantitative estimate of drug-likeness (QED) is 0.802. The minimum atomic E-state index is -0.271. The third-order valence-corrected chi connectivity index (χ3v) is 4.00. The first-order chi connectivity index (χ1) is 10.6. The Kier molecular flexibility index (Phi) is 4.02. The molecule has 0 fully saturated rings. The fourth-order valence-electron chi connectivity index (χ4n) is 1.99. The van der Waals surface area contributed by atoms with Crippen LogP contribution in [0.3, 0.4) is 0 Å². The van der Waals surface area contributed by atoms with Crippen molar-refractivity contribution < 1.29 is 9.32 Å². The average Bonchev–Trinajstić information content (AvgIpc) is 3.15. The monoisotopic (exact) mass is 313 g/mol. The van der Waals surface area contributed by atoms with Crippen molar-refractivity contribution in [2.24, 2.45) is 0 Å². The van der Waals surface area contributed by atoms with Gasteiger partial charge in [-0.05, 0) is 13.8 Å². The van der Waals surface area contributed by atoms with Gasteiger partial charge in [-0.25, -0.2) is 4.98 Å². The van der Waals surface area contributed by atoms with Gasteiger partial charge >= 0.3 is 0 Å². The molecule has 5 nitrogen and oxygen atoms in total. The van der Waals surface area contributed by atoms with E-state index in [1.807, 2.05) is 43.5 Å². The molecule has 1 N–H and O–H groups in total. The highest BCUT2D eigenvalue weighted by atomic mass is 32.1. The van der Waals surface area contributed by atoms with Gasteiger partial charge in [-0.3, -0.25) is 4.79 Å². The fraction of sp³-hybridized carbons (Fsp3) is 0.188. The van der Waals surface area contributed by atoms with Gasteiger partial charge in [0, 0.05) is 17.0 Å². The highest BCUT2D eigenvalue weighted by Gasteiger charge is 2.13. The van der Waals surface area contributed by atoms with Gasteiger partial charge in [0.15, 0.2) is 11.5 Å². The zero-order valence-corrected chi connectivity index (χ0v) is 13.1. The lowest BCUT2D eigenvalue weighted by Crippen LogP contribution is -2.23. The van der Waals surface area contributed by atoms with E-state index in [2.05, 4.69) is 15.5 Å². The molecule has 0 spiro atoms.